The Morgan fingerprint density at radius 1 is 1.27 bits per heavy atom. The fourth-order valence-electron chi connectivity index (χ4n) is 3.50. The Bertz CT molecular complexity index is 1200. The van der Waals surface area contributed by atoms with Crippen LogP contribution in [0.4, 0.5) is 5.69 Å². The fourth-order valence-corrected chi connectivity index (χ4v) is 3.50. The Morgan fingerprint density at radius 3 is 2.69 bits per heavy atom. The zero-order valence-corrected chi connectivity index (χ0v) is 14.4. The highest BCUT2D eigenvalue weighted by Crippen LogP contribution is 2.40. The van der Waals surface area contributed by atoms with Crippen LogP contribution in [0.5, 0.6) is 11.5 Å². The van der Waals surface area contributed by atoms with E-state index < -0.39 is 16.0 Å². The molecule has 0 aliphatic carbocycles. The fraction of sp³-hybridized carbons (Fsp3) is 0.211. The van der Waals surface area contributed by atoms with Gasteiger partial charge in [-0.05, 0) is 32.1 Å². The van der Waals surface area contributed by atoms with E-state index in [4.69, 9.17) is 4.74 Å². The van der Waals surface area contributed by atoms with Crippen LogP contribution in [0.15, 0.2) is 35.1 Å². The first-order chi connectivity index (χ1) is 12.2. The number of nitro benzene ring substituents is 1. The number of non-ortho nitro benzene ring substituents is 1. The van der Waals surface area contributed by atoms with Gasteiger partial charge in [0.2, 0.25) is 5.43 Å². The van der Waals surface area contributed by atoms with Crippen molar-refractivity contribution in [2.24, 2.45) is 7.05 Å². The molecule has 4 rings (SSSR count). The van der Waals surface area contributed by atoms with Crippen molar-refractivity contribution >= 4 is 33.6 Å². The van der Waals surface area contributed by atoms with E-state index in [-0.39, 0.29) is 22.2 Å². The Morgan fingerprint density at radius 2 is 2.00 bits per heavy atom. The van der Waals surface area contributed by atoms with Crippen LogP contribution < -0.4 is 10.2 Å². The largest absolute Gasteiger partial charge is 0.507 e. The lowest BCUT2D eigenvalue weighted by molar-refractivity contribution is -0.383. The molecule has 0 amide bonds. The van der Waals surface area contributed by atoms with Gasteiger partial charge in [-0.3, -0.25) is 14.9 Å². The molecule has 0 saturated heterocycles. The van der Waals surface area contributed by atoms with Crippen molar-refractivity contribution in [2.45, 2.75) is 19.4 Å². The zero-order chi connectivity index (χ0) is 18.8. The molecule has 26 heavy (non-hydrogen) atoms. The van der Waals surface area contributed by atoms with Crippen LogP contribution in [0.3, 0.4) is 0 Å². The zero-order valence-electron chi connectivity index (χ0n) is 14.4. The molecule has 0 atom stereocenters. The van der Waals surface area contributed by atoms with E-state index in [0.29, 0.717) is 22.3 Å². The molecule has 0 fully saturated rings. The van der Waals surface area contributed by atoms with Crippen LogP contribution in [0, 0.1) is 10.1 Å². The molecule has 1 aromatic heterocycles. The molecular formula is C19H16N2O5. The Labute approximate surface area is 147 Å². The van der Waals surface area contributed by atoms with Gasteiger partial charge in [-0.25, -0.2) is 0 Å². The van der Waals surface area contributed by atoms with Crippen molar-refractivity contribution in [3.05, 3.63) is 56.2 Å². The molecule has 0 radical (unpaired) electrons. The first-order valence-corrected chi connectivity index (χ1v) is 8.05. The highest BCUT2D eigenvalue weighted by atomic mass is 16.6. The first kappa shape index (κ1) is 16.1. The van der Waals surface area contributed by atoms with Gasteiger partial charge in [0.1, 0.15) is 22.5 Å². The van der Waals surface area contributed by atoms with Crippen molar-refractivity contribution in [1.82, 2.24) is 4.57 Å². The SMILES string of the molecule is Cn1c2cccc([N+](=O)[O-])c2c(=O)c2c(O)cc3c(c21)C=CC(C)(C)O3. The van der Waals surface area contributed by atoms with Crippen molar-refractivity contribution in [3.8, 4) is 11.5 Å². The topological polar surface area (TPSA) is 94.6 Å². The van der Waals surface area contributed by atoms with Crippen LogP contribution in [-0.4, -0.2) is 20.2 Å². The maximum Gasteiger partial charge on any atom is 0.282 e. The summed E-state index contributed by atoms with van der Waals surface area (Å²) in [5, 5.41) is 21.9. The lowest BCUT2D eigenvalue weighted by Crippen LogP contribution is -2.28. The number of rotatable bonds is 1. The standard InChI is InChI=1S/C19H16N2O5/c1-19(2)8-7-10-14(26-19)9-13(22)16-17(10)20(3)11-5-4-6-12(21(24)25)15(11)18(16)23/h4-9,22H,1-3H3. The number of phenols is 1. The number of ether oxygens (including phenoxy) is 1. The summed E-state index contributed by atoms with van der Waals surface area (Å²) in [6.45, 7) is 3.77. The monoisotopic (exact) mass is 352 g/mol. The predicted molar refractivity (Wildman–Crippen MR) is 98.8 cm³/mol. The molecule has 2 aromatic carbocycles. The van der Waals surface area contributed by atoms with E-state index in [0.717, 1.165) is 0 Å². The molecule has 0 unspecified atom stereocenters. The predicted octanol–water partition coefficient (Wildman–Crippen LogP) is 3.49. The molecule has 1 aliphatic heterocycles. The average Bonchev–Trinajstić information content (AvgIpc) is 2.57. The molecular weight excluding hydrogens is 336 g/mol. The van der Waals surface area contributed by atoms with Gasteiger partial charge in [0.15, 0.2) is 0 Å². The molecule has 1 aliphatic rings. The summed E-state index contributed by atoms with van der Waals surface area (Å²) in [6, 6.07) is 5.87. The van der Waals surface area contributed by atoms with Crippen LogP contribution >= 0.6 is 0 Å². The second-order valence-corrected chi connectivity index (χ2v) is 6.89. The van der Waals surface area contributed by atoms with Crippen molar-refractivity contribution in [3.63, 3.8) is 0 Å². The highest BCUT2D eigenvalue weighted by molar-refractivity contribution is 6.04. The molecule has 0 saturated carbocycles. The number of nitrogens with zero attached hydrogens (tertiary/aromatic N) is 2. The summed E-state index contributed by atoms with van der Waals surface area (Å²) in [5.41, 5.74) is 0.160. The molecule has 0 spiro atoms. The molecule has 0 bridgehead atoms. The maximum absolute atomic E-state index is 13.1. The van der Waals surface area contributed by atoms with Crippen LogP contribution in [0.25, 0.3) is 27.9 Å². The van der Waals surface area contributed by atoms with E-state index in [2.05, 4.69) is 0 Å². The van der Waals surface area contributed by atoms with Crippen LogP contribution in [0.2, 0.25) is 0 Å². The third kappa shape index (κ3) is 2.10. The summed E-state index contributed by atoms with van der Waals surface area (Å²) in [4.78, 5) is 23.8. The van der Waals surface area contributed by atoms with Gasteiger partial charge < -0.3 is 14.4 Å². The number of fused-ring (bicyclic) bond motifs is 4. The number of aromatic nitrogens is 1. The second kappa shape index (κ2) is 5.08. The van der Waals surface area contributed by atoms with Gasteiger partial charge in [0.05, 0.1) is 21.3 Å². The van der Waals surface area contributed by atoms with Crippen molar-refractivity contribution in [2.75, 3.05) is 0 Å². The van der Waals surface area contributed by atoms with E-state index in [1.54, 1.807) is 17.7 Å². The van der Waals surface area contributed by atoms with E-state index in [9.17, 15) is 20.0 Å². The van der Waals surface area contributed by atoms with Gasteiger partial charge in [0, 0.05) is 24.7 Å². The maximum atomic E-state index is 13.1. The van der Waals surface area contributed by atoms with Crippen molar-refractivity contribution < 1.29 is 14.8 Å². The lowest BCUT2D eigenvalue weighted by atomic mass is 9.98. The van der Waals surface area contributed by atoms with Gasteiger partial charge in [-0.2, -0.15) is 0 Å². The summed E-state index contributed by atoms with van der Waals surface area (Å²) >= 11 is 0. The number of hydrogen-bond donors (Lipinski definition) is 1. The lowest BCUT2D eigenvalue weighted by Gasteiger charge is -2.29. The van der Waals surface area contributed by atoms with E-state index in [1.165, 1.54) is 18.2 Å². The van der Waals surface area contributed by atoms with Crippen molar-refractivity contribution in [1.29, 1.82) is 0 Å². The van der Waals surface area contributed by atoms with Crippen LogP contribution in [-0.2, 0) is 7.05 Å². The Balaban J connectivity index is 2.26. The molecule has 7 nitrogen and oxygen atoms in total. The molecule has 3 aromatic rings. The first-order valence-electron chi connectivity index (χ1n) is 8.05. The molecule has 132 valence electrons. The number of nitro groups is 1. The van der Waals surface area contributed by atoms with Gasteiger partial charge in [-0.15, -0.1) is 0 Å². The van der Waals surface area contributed by atoms with Gasteiger partial charge in [-0.1, -0.05) is 6.07 Å². The number of aryl methyl sites for hydroxylation is 1. The summed E-state index contributed by atoms with van der Waals surface area (Å²) in [7, 11) is 1.71. The number of hydrogen-bond acceptors (Lipinski definition) is 5. The minimum atomic E-state index is -0.587. The third-order valence-electron chi connectivity index (χ3n) is 4.67. The molecule has 7 heteroatoms. The summed E-state index contributed by atoms with van der Waals surface area (Å²) < 4.78 is 7.59. The Kier molecular flexibility index (Phi) is 3.15. The highest BCUT2D eigenvalue weighted by Gasteiger charge is 2.28. The normalized spacial score (nSPS) is 15.0. The Hall–Kier alpha value is -3.35. The average molecular weight is 352 g/mol. The summed E-state index contributed by atoms with van der Waals surface area (Å²) in [5.74, 6) is 0.202. The number of benzene rings is 2. The summed E-state index contributed by atoms with van der Waals surface area (Å²) in [6.07, 6.45) is 3.72. The molecule has 2 heterocycles. The minimum Gasteiger partial charge on any atom is -0.507 e. The van der Waals surface area contributed by atoms with E-state index in [1.807, 2.05) is 26.0 Å². The number of phenolic OH excluding ortho intramolecular Hbond substituents is 1. The third-order valence-corrected chi connectivity index (χ3v) is 4.67. The molecule has 1 N–H and O–H groups in total. The second-order valence-electron chi connectivity index (χ2n) is 6.89. The number of pyridine rings is 1. The smallest absolute Gasteiger partial charge is 0.282 e. The van der Waals surface area contributed by atoms with Crippen LogP contribution in [0.1, 0.15) is 19.4 Å². The quantitative estimate of drug-likeness (QED) is 0.411. The minimum absolute atomic E-state index is 0.0243. The van der Waals surface area contributed by atoms with E-state index >= 15 is 0 Å². The number of aromatic hydroxyl groups is 1. The van der Waals surface area contributed by atoms with Gasteiger partial charge >= 0.3 is 0 Å². The van der Waals surface area contributed by atoms with Gasteiger partial charge in [0.25, 0.3) is 5.69 Å².